The number of hydrogen-bond donors (Lipinski definition) is 1. The summed E-state index contributed by atoms with van der Waals surface area (Å²) in [6, 6.07) is -0.733. The van der Waals surface area contributed by atoms with Gasteiger partial charge in [-0.25, -0.2) is 0 Å². The molecule has 0 spiro atoms. The first-order chi connectivity index (χ1) is 8.15. The fourth-order valence-electron chi connectivity index (χ4n) is 0.745. The van der Waals surface area contributed by atoms with Gasteiger partial charge in [0.05, 0.1) is 0 Å². The van der Waals surface area contributed by atoms with E-state index in [-0.39, 0.29) is 5.95 Å². The maximum Gasteiger partial charge on any atom is 0.456 e. The molecule has 18 heavy (non-hydrogen) atoms. The van der Waals surface area contributed by atoms with Crippen LogP contribution in [0.5, 0.6) is 6.01 Å². The standard InChI is InChI=1S/C7H6ClF5N4O/c1-14-4-15-3(8)16-5(17-4)18-2-6(9,10)7(11,12)13/h2H2,1H3,(H,14,15,16,17). The van der Waals surface area contributed by atoms with Crippen molar-refractivity contribution in [1.82, 2.24) is 15.0 Å². The van der Waals surface area contributed by atoms with Gasteiger partial charge in [0.2, 0.25) is 11.2 Å². The molecule has 0 radical (unpaired) electrons. The molecule has 1 N–H and O–H groups in total. The van der Waals surface area contributed by atoms with E-state index in [1.165, 1.54) is 7.05 Å². The topological polar surface area (TPSA) is 59.9 Å². The molecular weight excluding hydrogens is 287 g/mol. The Hall–Kier alpha value is -1.45. The van der Waals surface area contributed by atoms with Gasteiger partial charge >= 0.3 is 18.1 Å². The Morgan fingerprint density at radius 1 is 1.17 bits per heavy atom. The van der Waals surface area contributed by atoms with Gasteiger partial charge in [0.25, 0.3) is 0 Å². The highest BCUT2D eigenvalue weighted by atomic mass is 35.5. The molecule has 5 nitrogen and oxygen atoms in total. The van der Waals surface area contributed by atoms with Crippen LogP contribution in [0.15, 0.2) is 0 Å². The summed E-state index contributed by atoms with van der Waals surface area (Å²) >= 11 is 5.38. The molecule has 0 unspecified atom stereocenters. The number of aromatic nitrogens is 3. The van der Waals surface area contributed by atoms with E-state index < -0.39 is 30.0 Å². The van der Waals surface area contributed by atoms with Gasteiger partial charge in [-0.3, -0.25) is 0 Å². The van der Waals surface area contributed by atoms with Gasteiger partial charge in [0.1, 0.15) is 0 Å². The molecule has 1 aromatic rings. The van der Waals surface area contributed by atoms with Gasteiger partial charge < -0.3 is 10.1 Å². The third-order valence-electron chi connectivity index (χ3n) is 1.61. The molecule has 1 heterocycles. The van der Waals surface area contributed by atoms with Gasteiger partial charge in [-0.05, 0) is 11.6 Å². The average Bonchev–Trinajstić information content (AvgIpc) is 2.24. The molecule has 0 aliphatic rings. The molecule has 102 valence electrons. The van der Waals surface area contributed by atoms with Crippen LogP contribution in [0.4, 0.5) is 27.9 Å². The van der Waals surface area contributed by atoms with Crippen LogP contribution in [0, 0.1) is 0 Å². The Balaban J connectivity index is 2.78. The third kappa shape index (κ3) is 3.52. The molecule has 0 amide bonds. The number of alkyl halides is 5. The second kappa shape index (κ2) is 5.04. The Morgan fingerprint density at radius 3 is 2.28 bits per heavy atom. The lowest BCUT2D eigenvalue weighted by molar-refractivity contribution is -0.290. The maximum absolute atomic E-state index is 12.5. The van der Waals surface area contributed by atoms with Crippen molar-refractivity contribution in [2.75, 3.05) is 19.0 Å². The van der Waals surface area contributed by atoms with Crippen LogP contribution in [0.2, 0.25) is 5.28 Å². The van der Waals surface area contributed by atoms with Crippen LogP contribution < -0.4 is 10.1 Å². The van der Waals surface area contributed by atoms with E-state index in [0.29, 0.717) is 0 Å². The molecule has 11 heteroatoms. The Kier molecular flexibility index (Phi) is 4.09. The highest BCUT2D eigenvalue weighted by Crippen LogP contribution is 2.35. The van der Waals surface area contributed by atoms with Gasteiger partial charge in [-0.1, -0.05) is 0 Å². The Bertz CT molecular complexity index is 427. The molecule has 0 atom stereocenters. The number of anilines is 1. The minimum Gasteiger partial charge on any atom is -0.456 e. The third-order valence-corrected chi connectivity index (χ3v) is 1.78. The highest BCUT2D eigenvalue weighted by molar-refractivity contribution is 6.28. The zero-order chi connectivity index (χ0) is 14.0. The normalized spacial score (nSPS) is 12.4. The molecule has 0 fully saturated rings. The molecular formula is C7H6ClF5N4O. The van der Waals surface area contributed by atoms with Gasteiger partial charge in [-0.15, -0.1) is 0 Å². The summed E-state index contributed by atoms with van der Waals surface area (Å²) in [5, 5.41) is 2.00. The van der Waals surface area contributed by atoms with E-state index in [9.17, 15) is 22.0 Å². The molecule has 1 rings (SSSR count). The number of hydrogen-bond acceptors (Lipinski definition) is 5. The van der Waals surface area contributed by atoms with E-state index in [1.54, 1.807) is 0 Å². The first-order valence-electron chi connectivity index (χ1n) is 4.32. The number of halogens is 6. The van der Waals surface area contributed by atoms with Crippen LogP contribution >= 0.6 is 11.6 Å². The van der Waals surface area contributed by atoms with Gasteiger partial charge in [0, 0.05) is 7.05 Å². The van der Waals surface area contributed by atoms with Crippen LogP contribution in [0.1, 0.15) is 0 Å². The predicted molar refractivity (Wildman–Crippen MR) is 50.9 cm³/mol. The summed E-state index contributed by atoms with van der Waals surface area (Å²) in [5.74, 6) is -5.13. The molecule has 0 aliphatic carbocycles. The van der Waals surface area contributed by atoms with E-state index in [2.05, 4.69) is 25.0 Å². The summed E-state index contributed by atoms with van der Waals surface area (Å²) in [4.78, 5) is 10.1. The van der Waals surface area contributed by atoms with Crippen molar-refractivity contribution < 1.29 is 26.7 Å². The summed E-state index contributed by atoms with van der Waals surface area (Å²) < 4.78 is 64.7. The van der Waals surface area contributed by atoms with Crippen molar-refractivity contribution >= 4 is 17.5 Å². The van der Waals surface area contributed by atoms with Crippen molar-refractivity contribution in [2.45, 2.75) is 12.1 Å². The summed E-state index contributed by atoms with van der Waals surface area (Å²) in [5.41, 5.74) is 0. The van der Waals surface area contributed by atoms with Gasteiger partial charge in [0.15, 0.2) is 6.61 Å². The number of nitrogens with zero attached hydrogens (tertiary/aromatic N) is 3. The first-order valence-corrected chi connectivity index (χ1v) is 4.70. The van der Waals surface area contributed by atoms with Crippen molar-refractivity contribution in [3.8, 4) is 6.01 Å². The maximum atomic E-state index is 12.5. The molecule has 0 bridgehead atoms. The van der Waals surface area contributed by atoms with Crippen LogP contribution in [-0.2, 0) is 0 Å². The summed E-state index contributed by atoms with van der Waals surface area (Å²) in [6.45, 7) is -1.94. The van der Waals surface area contributed by atoms with E-state index in [4.69, 9.17) is 11.6 Å². The number of rotatable bonds is 4. The smallest absolute Gasteiger partial charge is 0.456 e. The fourth-order valence-corrected chi connectivity index (χ4v) is 0.898. The zero-order valence-electron chi connectivity index (χ0n) is 8.72. The van der Waals surface area contributed by atoms with E-state index in [0.717, 1.165) is 0 Å². The van der Waals surface area contributed by atoms with Crippen LogP contribution in [0.3, 0.4) is 0 Å². The number of nitrogens with one attached hydrogen (secondary N) is 1. The molecule has 1 aromatic heterocycles. The first kappa shape index (κ1) is 14.6. The van der Waals surface area contributed by atoms with Crippen molar-refractivity contribution in [1.29, 1.82) is 0 Å². The molecule has 0 saturated heterocycles. The highest BCUT2D eigenvalue weighted by Gasteiger charge is 2.58. The molecule has 0 aromatic carbocycles. The lowest BCUT2D eigenvalue weighted by Gasteiger charge is -2.18. The second-order valence-electron chi connectivity index (χ2n) is 2.95. The lowest BCUT2D eigenvalue weighted by atomic mass is 10.3. The minimum absolute atomic E-state index is 0.125. The summed E-state index contributed by atoms with van der Waals surface area (Å²) in [6.07, 6.45) is -5.71. The predicted octanol–water partition coefficient (Wildman–Crippen LogP) is 2.14. The van der Waals surface area contributed by atoms with Crippen molar-refractivity contribution in [2.24, 2.45) is 0 Å². The fraction of sp³-hybridized carbons (Fsp3) is 0.571. The summed E-state index contributed by atoms with van der Waals surface area (Å²) in [7, 11) is 1.39. The average molecular weight is 293 g/mol. The molecule has 0 aliphatic heterocycles. The second-order valence-corrected chi connectivity index (χ2v) is 3.29. The van der Waals surface area contributed by atoms with E-state index >= 15 is 0 Å². The van der Waals surface area contributed by atoms with Crippen LogP contribution in [-0.4, -0.2) is 40.7 Å². The quantitative estimate of drug-likeness (QED) is 0.862. The SMILES string of the molecule is CNc1nc(Cl)nc(OCC(F)(F)C(F)(F)F)n1. The van der Waals surface area contributed by atoms with Crippen molar-refractivity contribution in [3.63, 3.8) is 0 Å². The van der Waals surface area contributed by atoms with Crippen LogP contribution in [0.25, 0.3) is 0 Å². The largest absolute Gasteiger partial charge is 0.456 e. The van der Waals surface area contributed by atoms with E-state index in [1.807, 2.05) is 0 Å². The van der Waals surface area contributed by atoms with Crippen molar-refractivity contribution in [3.05, 3.63) is 5.28 Å². The monoisotopic (exact) mass is 292 g/mol. The minimum atomic E-state index is -5.71. The van der Waals surface area contributed by atoms with Gasteiger partial charge in [-0.2, -0.15) is 36.9 Å². The lowest BCUT2D eigenvalue weighted by Crippen LogP contribution is -2.42. The number of ether oxygens (including phenoxy) is 1. The Morgan fingerprint density at radius 2 is 1.78 bits per heavy atom. The molecule has 0 saturated carbocycles. The zero-order valence-corrected chi connectivity index (χ0v) is 9.48. The Labute approximate surface area is 102 Å².